The standard InChI is InChI=1S/C23H18Br2N2O5/c1-4-8-32-20-17(25)11-14(12-19(20)31-5-2)10-16-21(28)26-23(30)27(22(16)29)18-7-6-15(24)9-13(18)3/h1,6-7,9-12H,5,8H2,2-3H3,(H,26,28,30)/b16-10-. The molecule has 0 bridgehead atoms. The molecular weight excluding hydrogens is 544 g/mol. The van der Waals surface area contributed by atoms with Gasteiger partial charge < -0.3 is 9.47 Å². The molecule has 1 aliphatic heterocycles. The van der Waals surface area contributed by atoms with Gasteiger partial charge in [-0.3, -0.25) is 14.9 Å². The lowest BCUT2D eigenvalue weighted by Gasteiger charge is -2.27. The molecule has 1 heterocycles. The smallest absolute Gasteiger partial charge is 0.335 e. The summed E-state index contributed by atoms with van der Waals surface area (Å²) in [6.45, 7) is 3.99. The highest BCUT2D eigenvalue weighted by atomic mass is 79.9. The fourth-order valence-electron chi connectivity index (χ4n) is 3.10. The van der Waals surface area contributed by atoms with Crippen molar-refractivity contribution in [2.45, 2.75) is 13.8 Å². The van der Waals surface area contributed by atoms with Crippen molar-refractivity contribution in [1.82, 2.24) is 5.32 Å². The second kappa shape index (κ2) is 10.0. The highest BCUT2D eigenvalue weighted by Crippen LogP contribution is 2.38. The molecule has 2 aromatic rings. The van der Waals surface area contributed by atoms with Crippen LogP contribution >= 0.6 is 31.9 Å². The number of aryl methyl sites for hydroxylation is 1. The maximum atomic E-state index is 13.2. The molecule has 0 aromatic heterocycles. The summed E-state index contributed by atoms with van der Waals surface area (Å²) in [5.41, 5.74) is 1.36. The summed E-state index contributed by atoms with van der Waals surface area (Å²) in [7, 11) is 0. The summed E-state index contributed by atoms with van der Waals surface area (Å²) in [5, 5.41) is 2.22. The maximum absolute atomic E-state index is 13.2. The fraction of sp³-hybridized carbons (Fsp3) is 0.174. The molecule has 1 saturated heterocycles. The van der Waals surface area contributed by atoms with E-state index in [4.69, 9.17) is 15.9 Å². The van der Waals surface area contributed by atoms with Crippen LogP contribution in [0.1, 0.15) is 18.1 Å². The van der Waals surface area contributed by atoms with E-state index in [1.54, 1.807) is 37.3 Å². The summed E-state index contributed by atoms with van der Waals surface area (Å²) < 4.78 is 12.5. The SMILES string of the molecule is C#CCOc1c(Br)cc(/C=C2/C(=O)NC(=O)N(c3ccc(Br)cc3C)C2=O)cc1OCC. The summed E-state index contributed by atoms with van der Waals surface area (Å²) in [4.78, 5) is 39.1. The van der Waals surface area contributed by atoms with E-state index in [2.05, 4.69) is 43.1 Å². The fourth-order valence-corrected chi connectivity index (χ4v) is 4.15. The van der Waals surface area contributed by atoms with Gasteiger partial charge >= 0.3 is 6.03 Å². The number of nitrogens with one attached hydrogen (secondary N) is 1. The number of urea groups is 1. The van der Waals surface area contributed by atoms with E-state index in [9.17, 15) is 14.4 Å². The van der Waals surface area contributed by atoms with Crippen LogP contribution in [0.5, 0.6) is 11.5 Å². The lowest BCUT2D eigenvalue weighted by molar-refractivity contribution is -0.122. The van der Waals surface area contributed by atoms with E-state index in [0.29, 0.717) is 39.4 Å². The van der Waals surface area contributed by atoms with Crippen molar-refractivity contribution in [3.8, 4) is 23.8 Å². The molecule has 164 valence electrons. The van der Waals surface area contributed by atoms with Crippen molar-refractivity contribution in [3.05, 3.63) is 56.0 Å². The first-order valence-corrected chi connectivity index (χ1v) is 11.1. The van der Waals surface area contributed by atoms with Gasteiger partial charge in [-0.25, -0.2) is 9.69 Å². The van der Waals surface area contributed by atoms with Gasteiger partial charge in [-0.2, -0.15) is 0 Å². The molecule has 9 heteroatoms. The molecule has 2 aromatic carbocycles. The minimum atomic E-state index is -0.809. The monoisotopic (exact) mass is 560 g/mol. The number of barbiturate groups is 1. The number of nitrogens with zero attached hydrogens (tertiary/aromatic N) is 1. The first-order chi connectivity index (χ1) is 15.3. The van der Waals surface area contributed by atoms with E-state index in [-0.39, 0.29) is 12.2 Å². The Hall–Kier alpha value is -3.09. The van der Waals surface area contributed by atoms with Gasteiger partial charge in [0, 0.05) is 4.47 Å². The number of benzene rings is 2. The minimum absolute atomic E-state index is 0.0453. The van der Waals surface area contributed by atoms with Gasteiger partial charge in [-0.05, 0) is 77.3 Å². The van der Waals surface area contributed by atoms with Gasteiger partial charge in [0.15, 0.2) is 11.5 Å². The quantitative estimate of drug-likeness (QED) is 0.316. The third-order valence-corrected chi connectivity index (χ3v) is 5.53. The number of imide groups is 2. The van der Waals surface area contributed by atoms with Gasteiger partial charge in [0.25, 0.3) is 11.8 Å². The Balaban J connectivity index is 2.05. The Morgan fingerprint density at radius 2 is 1.91 bits per heavy atom. The number of carbonyl (C=O) groups excluding carboxylic acids is 3. The maximum Gasteiger partial charge on any atom is 0.335 e. The molecule has 7 nitrogen and oxygen atoms in total. The summed E-state index contributed by atoms with van der Waals surface area (Å²) in [5.74, 6) is 1.68. The van der Waals surface area contributed by atoms with E-state index >= 15 is 0 Å². The number of hydrogen-bond donors (Lipinski definition) is 1. The lowest BCUT2D eigenvalue weighted by atomic mass is 10.1. The minimum Gasteiger partial charge on any atom is -0.490 e. The largest absolute Gasteiger partial charge is 0.490 e. The van der Waals surface area contributed by atoms with Crippen LogP contribution in [0.2, 0.25) is 0 Å². The zero-order valence-corrected chi connectivity index (χ0v) is 20.4. The van der Waals surface area contributed by atoms with Gasteiger partial charge in [0.05, 0.1) is 16.8 Å². The Morgan fingerprint density at radius 1 is 1.16 bits per heavy atom. The van der Waals surface area contributed by atoms with Gasteiger partial charge in [-0.15, -0.1) is 6.42 Å². The summed E-state index contributed by atoms with van der Waals surface area (Å²) in [6.07, 6.45) is 6.66. The first kappa shape index (κ1) is 23.6. The number of amides is 4. The van der Waals surface area contributed by atoms with Crippen LogP contribution in [0.25, 0.3) is 6.08 Å². The molecule has 0 saturated carbocycles. The molecule has 3 rings (SSSR count). The third-order valence-electron chi connectivity index (χ3n) is 4.44. The average molecular weight is 562 g/mol. The lowest BCUT2D eigenvalue weighted by Crippen LogP contribution is -2.54. The van der Waals surface area contributed by atoms with Crippen LogP contribution in [0.3, 0.4) is 0 Å². The number of hydrogen-bond acceptors (Lipinski definition) is 5. The van der Waals surface area contributed by atoms with Crippen molar-refractivity contribution in [2.24, 2.45) is 0 Å². The zero-order valence-electron chi connectivity index (χ0n) is 17.2. The van der Waals surface area contributed by atoms with Gasteiger partial charge in [-0.1, -0.05) is 21.9 Å². The van der Waals surface area contributed by atoms with Crippen LogP contribution in [0.15, 0.2) is 44.9 Å². The summed E-state index contributed by atoms with van der Waals surface area (Å²) in [6, 6.07) is 7.59. The topological polar surface area (TPSA) is 84.9 Å². The molecule has 0 unspecified atom stereocenters. The van der Waals surface area contributed by atoms with Gasteiger partial charge in [0.2, 0.25) is 0 Å². The first-order valence-electron chi connectivity index (χ1n) is 9.47. The van der Waals surface area contributed by atoms with Crippen LogP contribution < -0.4 is 19.7 Å². The highest BCUT2D eigenvalue weighted by Gasteiger charge is 2.37. The Labute approximate surface area is 202 Å². The number of ether oxygens (including phenoxy) is 2. The third kappa shape index (κ3) is 4.87. The molecule has 0 aliphatic carbocycles. The Bertz CT molecular complexity index is 1180. The molecule has 0 atom stereocenters. The molecule has 4 amide bonds. The van der Waals surface area contributed by atoms with Crippen LogP contribution in [-0.4, -0.2) is 31.1 Å². The Kier molecular flexibility index (Phi) is 7.38. The second-order valence-corrected chi connectivity index (χ2v) is 8.41. The molecule has 1 fully saturated rings. The normalized spacial score (nSPS) is 14.9. The van der Waals surface area contributed by atoms with Crippen molar-refractivity contribution < 1.29 is 23.9 Å². The van der Waals surface area contributed by atoms with E-state index in [0.717, 1.165) is 9.37 Å². The van der Waals surface area contributed by atoms with Crippen LogP contribution in [0.4, 0.5) is 10.5 Å². The number of rotatable bonds is 6. The van der Waals surface area contributed by atoms with Crippen LogP contribution in [-0.2, 0) is 9.59 Å². The van der Waals surface area contributed by atoms with Crippen molar-refractivity contribution >= 4 is 61.5 Å². The van der Waals surface area contributed by atoms with E-state index in [1.165, 1.54) is 6.08 Å². The van der Waals surface area contributed by atoms with Crippen LogP contribution in [0, 0.1) is 19.3 Å². The summed E-state index contributed by atoms with van der Waals surface area (Å²) >= 11 is 6.77. The highest BCUT2D eigenvalue weighted by molar-refractivity contribution is 9.10. The average Bonchev–Trinajstić information content (AvgIpc) is 2.72. The van der Waals surface area contributed by atoms with Crippen molar-refractivity contribution in [2.75, 3.05) is 18.1 Å². The zero-order chi connectivity index (χ0) is 23.4. The van der Waals surface area contributed by atoms with Crippen molar-refractivity contribution in [1.29, 1.82) is 0 Å². The molecule has 32 heavy (non-hydrogen) atoms. The molecule has 1 aliphatic rings. The molecular formula is C23H18Br2N2O5. The second-order valence-electron chi connectivity index (χ2n) is 6.64. The molecule has 1 N–H and O–H groups in total. The number of anilines is 1. The predicted octanol–water partition coefficient (Wildman–Crippen LogP) is 4.60. The predicted molar refractivity (Wildman–Crippen MR) is 128 cm³/mol. The van der Waals surface area contributed by atoms with Gasteiger partial charge in [0.1, 0.15) is 12.2 Å². The molecule has 0 radical (unpaired) electrons. The Morgan fingerprint density at radius 3 is 2.56 bits per heavy atom. The molecule has 0 spiro atoms. The number of terminal acetylenes is 1. The van der Waals surface area contributed by atoms with E-state index in [1.807, 2.05) is 6.92 Å². The number of carbonyl (C=O) groups is 3. The van der Waals surface area contributed by atoms with E-state index < -0.39 is 17.8 Å². The van der Waals surface area contributed by atoms with Crippen molar-refractivity contribution in [3.63, 3.8) is 0 Å². The number of halogens is 2.